The van der Waals surface area contributed by atoms with Crippen LogP contribution in [0.1, 0.15) is 52.8 Å². The Morgan fingerprint density at radius 2 is 1.34 bits per heavy atom. The number of aromatic nitrogens is 6. The number of fused-ring (bicyclic) bond motifs is 2. The first kappa shape index (κ1) is 19.9. The summed E-state index contributed by atoms with van der Waals surface area (Å²) in [6, 6.07) is 10.4. The van der Waals surface area contributed by atoms with Gasteiger partial charge in [-0.3, -0.25) is 14.2 Å². The highest BCUT2D eigenvalue weighted by atomic mass is 32.2. The molecule has 0 aliphatic rings. The number of thioether (sulfide) groups is 1. The smallest absolute Gasteiger partial charge is 0.197 e. The maximum atomic E-state index is 13.0. The lowest BCUT2D eigenvalue weighted by atomic mass is 10.1. The molecule has 1 unspecified atom stereocenters. The minimum Gasteiger partial charge on any atom is -0.497 e. The van der Waals surface area contributed by atoms with E-state index in [1.807, 2.05) is 0 Å². The third kappa shape index (κ3) is 7.52. The van der Waals surface area contributed by atoms with Crippen molar-refractivity contribution >= 4 is 44.6 Å². The number of nitrogens with one attached hydrogen (secondary N) is 2. The summed E-state index contributed by atoms with van der Waals surface area (Å²) in [5.41, 5.74) is 0.482. The Labute approximate surface area is 300 Å². The molecule has 0 aliphatic heterocycles. The number of H-pyrrole nitrogens is 2. The Hall–Kier alpha value is -4.62. The Bertz CT molecular complexity index is 2590. The molecule has 47 heavy (non-hydrogen) atoms. The molecular weight excluding hydrogens is 637 g/mol. The molecule has 246 valence electrons. The lowest BCUT2D eigenvalue weighted by Gasteiger charge is -2.11. The van der Waals surface area contributed by atoms with Crippen molar-refractivity contribution in [2.24, 2.45) is 0 Å². The molecule has 0 amide bonds. The molecule has 0 spiro atoms. The van der Waals surface area contributed by atoms with Crippen LogP contribution in [-0.4, -0.2) is 62.6 Å². The van der Waals surface area contributed by atoms with Gasteiger partial charge < -0.3 is 28.9 Å². The maximum Gasteiger partial charge on any atom is 0.197 e. The molecule has 6 aromatic rings. The van der Waals surface area contributed by atoms with E-state index < -0.39 is 78.7 Å². The summed E-state index contributed by atoms with van der Waals surface area (Å²) in [5.74, 6) is 0.0606. The van der Waals surface area contributed by atoms with Crippen molar-refractivity contribution in [3.8, 4) is 23.0 Å². The van der Waals surface area contributed by atoms with Gasteiger partial charge in [-0.2, -0.15) is 0 Å². The second-order valence-electron chi connectivity index (χ2n) is 9.54. The Morgan fingerprint density at radius 1 is 0.766 bits per heavy atom. The maximum absolute atomic E-state index is 13.0. The van der Waals surface area contributed by atoms with Crippen LogP contribution in [0.2, 0.25) is 0 Å². The Balaban J connectivity index is 0.000000231. The van der Waals surface area contributed by atoms with Gasteiger partial charge in [-0.15, -0.1) is 0 Å². The molecule has 0 saturated carbocycles. The van der Waals surface area contributed by atoms with Gasteiger partial charge in [0.1, 0.15) is 23.0 Å². The minimum absolute atomic E-state index is 0.0490. The van der Waals surface area contributed by atoms with Gasteiger partial charge in [0.25, 0.3) is 0 Å². The van der Waals surface area contributed by atoms with Crippen molar-refractivity contribution in [2.75, 3.05) is 28.4 Å². The molecule has 2 N–H and O–H groups in total. The van der Waals surface area contributed by atoms with E-state index in [0.29, 0.717) is 33.2 Å². The van der Waals surface area contributed by atoms with E-state index in [1.54, 1.807) is 43.5 Å². The SMILES string of the molecule is [2H]c1nc(CS(=O)c2nc3ccc(OC)cc3[nH]2)c(C([2H])([2H])[2H])c(OC)c1C([2H])([2H])[2H].[2H]c1nc(CSc2nc3ccc(OC)cc3[nH]2)c(C([2H])([2H])[2H])c(OC)c1C([2H])([2H])[2H]. The highest BCUT2D eigenvalue weighted by Gasteiger charge is 2.16. The number of nitrogens with zero attached hydrogens (tertiary/aromatic N) is 4. The molecular formula is C34H38N6O5S2. The average molecular weight is 689 g/mol. The predicted molar refractivity (Wildman–Crippen MR) is 185 cm³/mol. The zero-order valence-electron chi connectivity index (χ0n) is 39.5. The number of pyridine rings is 2. The summed E-state index contributed by atoms with van der Waals surface area (Å²) in [5, 5.41) is 0.592. The predicted octanol–water partition coefficient (Wildman–Crippen LogP) is 6.78. The van der Waals surface area contributed by atoms with Gasteiger partial charge in [0.05, 0.1) is 81.2 Å². The molecule has 1 atom stereocenters. The minimum atomic E-state index is -2.81. The molecule has 11 nitrogen and oxygen atoms in total. The summed E-state index contributed by atoms with van der Waals surface area (Å²) in [4.78, 5) is 22.6. The van der Waals surface area contributed by atoms with Crippen LogP contribution in [0.4, 0.5) is 0 Å². The van der Waals surface area contributed by atoms with Crippen LogP contribution in [-0.2, 0) is 22.3 Å². The third-order valence-electron chi connectivity index (χ3n) is 6.66. The van der Waals surface area contributed by atoms with Crippen molar-refractivity contribution in [1.29, 1.82) is 0 Å². The van der Waals surface area contributed by atoms with Gasteiger partial charge in [-0.05, 0) is 51.7 Å². The molecule has 0 radical (unpaired) electrons. The fourth-order valence-electron chi connectivity index (χ4n) is 4.28. The fourth-order valence-corrected chi connectivity index (χ4v) is 6.12. The molecule has 2 aromatic carbocycles. The van der Waals surface area contributed by atoms with E-state index in [2.05, 4.69) is 29.9 Å². The molecule has 13 heteroatoms. The Kier molecular flexibility index (Phi) is 6.29. The van der Waals surface area contributed by atoms with Crippen LogP contribution >= 0.6 is 11.8 Å². The van der Waals surface area contributed by atoms with E-state index in [9.17, 15) is 4.21 Å². The first-order valence-electron chi connectivity index (χ1n) is 20.6. The monoisotopic (exact) mass is 688 g/mol. The fraction of sp³-hybridized carbons (Fsp3) is 0.294. The van der Waals surface area contributed by atoms with Crippen molar-refractivity contribution < 1.29 is 42.3 Å². The highest BCUT2D eigenvalue weighted by molar-refractivity contribution is 7.98. The van der Waals surface area contributed by atoms with Crippen LogP contribution in [0.3, 0.4) is 0 Å². The number of benzene rings is 2. The number of hydrogen-bond donors (Lipinski definition) is 2. The van der Waals surface area contributed by atoms with Gasteiger partial charge >= 0.3 is 0 Å². The number of rotatable bonds is 10. The molecule has 0 fully saturated rings. The van der Waals surface area contributed by atoms with Crippen molar-refractivity contribution in [1.82, 2.24) is 29.9 Å². The largest absolute Gasteiger partial charge is 0.497 e. The van der Waals surface area contributed by atoms with E-state index in [0.717, 1.165) is 12.6 Å². The number of imidazole rings is 2. The number of methoxy groups -OCH3 is 4. The van der Waals surface area contributed by atoms with Crippen LogP contribution in [0.5, 0.6) is 23.0 Å². The van der Waals surface area contributed by atoms with Gasteiger partial charge in [-0.25, -0.2) is 9.97 Å². The van der Waals surface area contributed by atoms with E-state index in [-0.39, 0.29) is 33.6 Å². The van der Waals surface area contributed by atoms with E-state index in [4.69, 9.17) is 38.1 Å². The van der Waals surface area contributed by atoms with Crippen LogP contribution in [0.25, 0.3) is 22.1 Å². The molecule has 0 bridgehead atoms. The summed E-state index contributed by atoms with van der Waals surface area (Å²) in [6.07, 6.45) is -1.20. The first-order valence-corrected chi connectivity index (χ1v) is 15.9. The molecule has 6 rings (SSSR count). The third-order valence-corrected chi connectivity index (χ3v) is 8.71. The second-order valence-corrected chi connectivity index (χ2v) is 11.9. The van der Waals surface area contributed by atoms with Gasteiger partial charge in [-0.1, -0.05) is 11.8 Å². The summed E-state index contributed by atoms with van der Waals surface area (Å²) in [7, 11) is 3.50. The average Bonchev–Trinajstić information content (AvgIpc) is 3.78. The van der Waals surface area contributed by atoms with E-state index in [1.165, 1.54) is 26.0 Å². The molecule has 0 saturated heterocycles. The normalized spacial score (nSPS) is 17.1. The van der Waals surface area contributed by atoms with Gasteiger partial charge in [0, 0.05) is 68.9 Å². The molecule has 4 aromatic heterocycles. The number of aromatic amines is 2. The quantitative estimate of drug-likeness (QED) is 0.148. The summed E-state index contributed by atoms with van der Waals surface area (Å²) in [6.45, 7) is -11.0. The zero-order valence-corrected chi connectivity index (χ0v) is 27.2. The number of hydrogen-bond acceptors (Lipinski definition) is 10. The topological polar surface area (TPSA) is 137 Å². The van der Waals surface area contributed by atoms with Gasteiger partial charge in [0.2, 0.25) is 0 Å². The van der Waals surface area contributed by atoms with Gasteiger partial charge in [0.15, 0.2) is 10.3 Å². The second kappa shape index (κ2) is 14.9. The lowest BCUT2D eigenvalue weighted by Crippen LogP contribution is -2.05. The van der Waals surface area contributed by atoms with Crippen LogP contribution in [0.15, 0.2) is 59.1 Å². The van der Waals surface area contributed by atoms with Crippen molar-refractivity contribution in [3.05, 3.63) is 82.4 Å². The van der Waals surface area contributed by atoms with Crippen molar-refractivity contribution in [3.63, 3.8) is 0 Å². The lowest BCUT2D eigenvalue weighted by molar-refractivity contribution is 0.407. The number of ether oxygens (including phenoxy) is 4. The van der Waals surface area contributed by atoms with Crippen molar-refractivity contribution in [2.45, 2.75) is 49.2 Å². The molecule has 0 aliphatic carbocycles. The molecule has 4 heterocycles. The summed E-state index contributed by atoms with van der Waals surface area (Å²) < 4.78 is 143. The highest BCUT2D eigenvalue weighted by Crippen LogP contribution is 2.30. The van der Waals surface area contributed by atoms with Crippen LogP contribution in [0, 0.1) is 27.4 Å². The van der Waals surface area contributed by atoms with E-state index >= 15 is 0 Å². The first-order chi connectivity index (χ1) is 28.3. The Morgan fingerprint density at radius 3 is 1.91 bits per heavy atom. The standard InChI is InChI=1S/C17H19N3O3S.C17H19N3O2S/c1-10-8-18-15(11(2)16(10)23-4)9-24(21)17-19-13-6-5-12(22-3)7-14(13)20-17;1-10-8-18-15(11(2)16(10)22-4)9-23-17-19-13-6-5-12(21-3)7-14(13)20-17/h5-8H,9H2,1-4H3,(H,19,20);5-8H,9H2,1-4H3,(H,19,20)/i2*1D3,2D3,8D. The zero-order chi connectivity index (χ0) is 45.4. The van der Waals surface area contributed by atoms with Crippen LogP contribution < -0.4 is 18.9 Å². The summed E-state index contributed by atoms with van der Waals surface area (Å²) >= 11 is 1.18.